The van der Waals surface area contributed by atoms with Gasteiger partial charge in [0.1, 0.15) is 11.6 Å². The molecule has 2 aromatic carbocycles. The number of rotatable bonds is 6. The maximum atomic E-state index is 14.1. The van der Waals surface area contributed by atoms with Crippen LogP contribution in [0.25, 0.3) is 0 Å². The van der Waals surface area contributed by atoms with Crippen molar-refractivity contribution in [3.05, 3.63) is 76.8 Å². The number of likely N-dealkylation sites (tertiary alicyclic amines) is 1. The molecule has 8 heteroatoms. The van der Waals surface area contributed by atoms with Crippen molar-refractivity contribution in [2.24, 2.45) is 11.8 Å². The summed E-state index contributed by atoms with van der Waals surface area (Å²) in [5, 5.41) is 6.70. The van der Waals surface area contributed by atoms with Crippen molar-refractivity contribution in [1.29, 1.82) is 0 Å². The van der Waals surface area contributed by atoms with E-state index in [1.165, 1.54) is 6.42 Å². The summed E-state index contributed by atoms with van der Waals surface area (Å²) in [4.78, 5) is 43.2. The second-order valence-electron chi connectivity index (χ2n) is 10.9. The molecule has 3 heterocycles. The fraction of sp³-hybridized carbons (Fsp3) is 0.433. The lowest BCUT2D eigenvalue weighted by Crippen LogP contribution is -2.56. The summed E-state index contributed by atoms with van der Waals surface area (Å²) in [6.45, 7) is 2.16. The van der Waals surface area contributed by atoms with Gasteiger partial charge in [-0.15, -0.1) is 0 Å². The molecule has 3 amide bonds. The molecular formula is C30H32ClN3O4. The first-order valence-corrected chi connectivity index (χ1v) is 13.8. The van der Waals surface area contributed by atoms with Crippen LogP contribution in [-0.4, -0.2) is 46.4 Å². The summed E-state index contributed by atoms with van der Waals surface area (Å²) in [7, 11) is 0. The van der Waals surface area contributed by atoms with E-state index in [-0.39, 0.29) is 30.3 Å². The van der Waals surface area contributed by atoms with Crippen LogP contribution in [0.4, 0.5) is 5.69 Å². The molecule has 2 N–H and O–H groups in total. The van der Waals surface area contributed by atoms with Gasteiger partial charge in [-0.1, -0.05) is 79.4 Å². The first-order chi connectivity index (χ1) is 18.4. The first kappa shape index (κ1) is 25.1. The Morgan fingerprint density at radius 1 is 1.08 bits per heavy atom. The predicted molar refractivity (Wildman–Crippen MR) is 144 cm³/mol. The van der Waals surface area contributed by atoms with Gasteiger partial charge in [-0.3, -0.25) is 14.4 Å². The molecule has 2 aromatic rings. The number of benzene rings is 2. The van der Waals surface area contributed by atoms with E-state index in [1.54, 1.807) is 17.0 Å². The monoisotopic (exact) mass is 533 g/mol. The van der Waals surface area contributed by atoms with Crippen LogP contribution < -0.4 is 10.6 Å². The van der Waals surface area contributed by atoms with E-state index in [0.717, 1.165) is 36.8 Å². The quantitative estimate of drug-likeness (QED) is 0.539. The summed E-state index contributed by atoms with van der Waals surface area (Å²) in [6, 6.07) is 14.2. The highest BCUT2D eigenvalue weighted by Gasteiger charge is 2.72. The van der Waals surface area contributed by atoms with Gasteiger partial charge in [0.15, 0.2) is 0 Å². The lowest BCUT2D eigenvalue weighted by Gasteiger charge is -2.34. The molecule has 4 aliphatic rings. The van der Waals surface area contributed by atoms with Gasteiger partial charge in [-0.25, -0.2) is 0 Å². The normalized spacial score (nSPS) is 29.9. The summed E-state index contributed by atoms with van der Waals surface area (Å²) in [5.74, 6) is -2.29. The first-order valence-electron chi connectivity index (χ1n) is 13.5. The zero-order valence-electron chi connectivity index (χ0n) is 21.4. The molecule has 1 saturated carbocycles. The van der Waals surface area contributed by atoms with Crippen LogP contribution in [0.5, 0.6) is 0 Å². The van der Waals surface area contributed by atoms with Gasteiger partial charge in [-0.2, -0.15) is 0 Å². The second-order valence-corrected chi connectivity index (χ2v) is 11.4. The number of fused-ring (bicyclic) bond motifs is 1. The summed E-state index contributed by atoms with van der Waals surface area (Å²) < 4.78 is 6.44. The number of carbonyl (C=O) groups excluding carboxylic acids is 3. The number of anilines is 1. The molecule has 2 saturated heterocycles. The van der Waals surface area contributed by atoms with E-state index in [2.05, 4.69) is 10.6 Å². The molecule has 1 spiro atoms. The van der Waals surface area contributed by atoms with E-state index < -0.39 is 29.6 Å². The van der Waals surface area contributed by atoms with Crippen LogP contribution in [0.2, 0.25) is 5.02 Å². The molecule has 7 nitrogen and oxygen atoms in total. The van der Waals surface area contributed by atoms with Crippen LogP contribution in [0.3, 0.4) is 0 Å². The standard InChI is InChI=1S/C30H32ClN3O4/c1-18-12-13-21(16-22(18)31)33-27(35)24-23-14-15-30(38-23)25(24)29(37)34(17-19-8-4-2-5-9-19)26(30)28(36)32-20-10-6-3-7-11-20/h2,4-5,8-9,12-16,20,23-26H,3,6-7,10-11,17H2,1H3,(H,32,36)(H,33,35)/t23-,24+,25-,26+,30-/m1/s1. The van der Waals surface area contributed by atoms with E-state index in [1.807, 2.05) is 55.5 Å². The number of halogens is 1. The fourth-order valence-corrected chi connectivity index (χ4v) is 6.82. The average molecular weight is 534 g/mol. The molecular weight excluding hydrogens is 502 g/mol. The molecule has 198 valence electrons. The Balaban J connectivity index is 1.32. The second kappa shape index (κ2) is 9.86. The van der Waals surface area contributed by atoms with E-state index in [4.69, 9.17) is 16.3 Å². The largest absolute Gasteiger partial charge is 0.359 e. The molecule has 0 radical (unpaired) electrons. The number of carbonyl (C=O) groups is 3. The number of hydrogen-bond acceptors (Lipinski definition) is 4. The lowest BCUT2D eigenvalue weighted by molar-refractivity contribution is -0.142. The van der Waals surface area contributed by atoms with Crippen molar-refractivity contribution in [2.75, 3.05) is 5.32 Å². The minimum Gasteiger partial charge on any atom is -0.359 e. The molecule has 3 fully saturated rings. The maximum absolute atomic E-state index is 14.1. The smallest absolute Gasteiger partial charge is 0.246 e. The molecule has 6 rings (SSSR count). The molecule has 1 aliphatic carbocycles. The van der Waals surface area contributed by atoms with Gasteiger partial charge < -0.3 is 20.3 Å². The number of ether oxygens (including phenoxy) is 1. The molecule has 38 heavy (non-hydrogen) atoms. The van der Waals surface area contributed by atoms with Crippen LogP contribution >= 0.6 is 11.6 Å². The predicted octanol–water partition coefficient (Wildman–Crippen LogP) is 4.39. The molecule has 5 atom stereocenters. The number of nitrogens with one attached hydrogen (secondary N) is 2. The van der Waals surface area contributed by atoms with Gasteiger partial charge in [0.2, 0.25) is 17.7 Å². The Morgan fingerprint density at radius 2 is 1.84 bits per heavy atom. The molecule has 0 aromatic heterocycles. The third kappa shape index (κ3) is 4.22. The SMILES string of the molecule is Cc1ccc(NC(=O)[C@H]2[C@H]3C=C[C@]4(O3)[C@H](C(=O)NC3CCCCC3)N(Cc3ccccc3)C(=O)[C@@H]24)cc1Cl. The van der Waals surface area contributed by atoms with Gasteiger partial charge in [-0.05, 0) is 43.0 Å². The van der Waals surface area contributed by atoms with Gasteiger partial charge in [0.05, 0.1) is 17.9 Å². The Labute approximate surface area is 227 Å². The summed E-state index contributed by atoms with van der Waals surface area (Å²) in [6.07, 6.45) is 8.33. The highest BCUT2D eigenvalue weighted by atomic mass is 35.5. The van der Waals surface area contributed by atoms with Crippen molar-refractivity contribution < 1.29 is 19.1 Å². The van der Waals surface area contributed by atoms with Gasteiger partial charge in [0.25, 0.3) is 0 Å². The van der Waals surface area contributed by atoms with Crippen LogP contribution in [0.15, 0.2) is 60.7 Å². The molecule has 0 unspecified atom stereocenters. The highest BCUT2D eigenvalue weighted by Crippen LogP contribution is 2.55. The number of aryl methyl sites for hydroxylation is 1. The topological polar surface area (TPSA) is 87.7 Å². The van der Waals surface area contributed by atoms with Crippen LogP contribution in [0.1, 0.15) is 43.2 Å². The zero-order valence-corrected chi connectivity index (χ0v) is 22.1. The molecule has 2 bridgehead atoms. The summed E-state index contributed by atoms with van der Waals surface area (Å²) >= 11 is 6.27. The zero-order chi connectivity index (χ0) is 26.4. The maximum Gasteiger partial charge on any atom is 0.246 e. The van der Waals surface area contributed by atoms with E-state index in [9.17, 15) is 14.4 Å². The van der Waals surface area contributed by atoms with Gasteiger partial charge >= 0.3 is 0 Å². The number of hydrogen-bond donors (Lipinski definition) is 2. The lowest BCUT2D eigenvalue weighted by atomic mass is 9.74. The van der Waals surface area contributed by atoms with E-state index >= 15 is 0 Å². The van der Waals surface area contributed by atoms with Crippen molar-refractivity contribution >= 4 is 35.0 Å². The highest BCUT2D eigenvalue weighted by molar-refractivity contribution is 6.31. The summed E-state index contributed by atoms with van der Waals surface area (Å²) in [5.41, 5.74) is 1.21. The van der Waals surface area contributed by atoms with Crippen LogP contribution in [-0.2, 0) is 25.7 Å². The van der Waals surface area contributed by atoms with Gasteiger partial charge in [0, 0.05) is 23.3 Å². The Hall–Kier alpha value is -3.16. The third-order valence-electron chi connectivity index (χ3n) is 8.51. The number of amides is 3. The molecule has 3 aliphatic heterocycles. The van der Waals surface area contributed by atoms with Crippen molar-refractivity contribution in [2.45, 2.75) is 69.4 Å². The number of nitrogens with zero attached hydrogens (tertiary/aromatic N) is 1. The average Bonchev–Trinajstić information content (AvgIpc) is 3.55. The van der Waals surface area contributed by atoms with Crippen molar-refractivity contribution in [3.63, 3.8) is 0 Å². The van der Waals surface area contributed by atoms with Crippen LogP contribution in [0, 0.1) is 18.8 Å². The minimum atomic E-state index is -1.18. The Morgan fingerprint density at radius 3 is 2.58 bits per heavy atom. The fourth-order valence-electron chi connectivity index (χ4n) is 6.64. The minimum absolute atomic E-state index is 0.0911. The Bertz CT molecular complexity index is 1290. The van der Waals surface area contributed by atoms with Crippen molar-refractivity contribution in [1.82, 2.24) is 10.2 Å². The third-order valence-corrected chi connectivity index (χ3v) is 8.92. The van der Waals surface area contributed by atoms with E-state index in [0.29, 0.717) is 10.7 Å². The Kier molecular flexibility index (Phi) is 6.52. The van der Waals surface area contributed by atoms with Crippen molar-refractivity contribution in [3.8, 4) is 0 Å².